The SMILES string of the molecule is C[C@H](C(=O)N[C@@H](C)CCc1ccccc1)N(c1ccc(F)cc1)S(C)(=O)=O. The lowest BCUT2D eigenvalue weighted by molar-refractivity contribution is -0.122. The number of carbonyl (C=O) groups is 1. The Bertz CT molecular complexity index is 855. The van der Waals surface area contributed by atoms with E-state index in [1.165, 1.54) is 36.8 Å². The predicted molar refractivity (Wildman–Crippen MR) is 106 cm³/mol. The summed E-state index contributed by atoms with van der Waals surface area (Å²) in [5.41, 5.74) is 1.43. The number of sulfonamides is 1. The summed E-state index contributed by atoms with van der Waals surface area (Å²) in [6.45, 7) is 3.40. The first-order valence-corrected chi connectivity index (χ1v) is 10.6. The topological polar surface area (TPSA) is 66.5 Å². The van der Waals surface area contributed by atoms with Crippen molar-refractivity contribution in [1.82, 2.24) is 5.32 Å². The number of carbonyl (C=O) groups excluding carboxylic acids is 1. The van der Waals surface area contributed by atoms with Crippen molar-refractivity contribution < 1.29 is 17.6 Å². The van der Waals surface area contributed by atoms with Gasteiger partial charge in [-0.15, -0.1) is 0 Å². The lowest BCUT2D eigenvalue weighted by Crippen LogP contribution is -2.50. The fourth-order valence-corrected chi connectivity index (χ4v) is 4.04. The number of amides is 1. The number of rotatable bonds is 8. The molecule has 146 valence electrons. The van der Waals surface area contributed by atoms with Crippen molar-refractivity contribution in [2.45, 2.75) is 38.8 Å². The van der Waals surface area contributed by atoms with Gasteiger partial charge in [0, 0.05) is 6.04 Å². The lowest BCUT2D eigenvalue weighted by atomic mass is 10.1. The molecule has 0 spiro atoms. The molecule has 27 heavy (non-hydrogen) atoms. The zero-order chi connectivity index (χ0) is 20.0. The summed E-state index contributed by atoms with van der Waals surface area (Å²) in [7, 11) is -3.72. The highest BCUT2D eigenvalue weighted by Gasteiger charge is 2.29. The minimum Gasteiger partial charge on any atom is -0.352 e. The highest BCUT2D eigenvalue weighted by molar-refractivity contribution is 7.92. The smallest absolute Gasteiger partial charge is 0.243 e. The molecule has 2 aromatic rings. The van der Waals surface area contributed by atoms with Crippen LogP contribution in [0, 0.1) is 5.82 Å². The van der Waals surface area contributed by atoms with Gasteiger partial charge in [-0.05, 0) is 56.5 Å². The third kappa shape index (κ3) is 6.06. The normalized spacial score (nSPS) is 13.6. The van der Waals surface area contributed by atoms with Crippen molar-refractivity contribution >= 4 is 21.6 Å². The number of nitrogens with one attached hydrogen (secondary N) is 1. The number of nitrogens with zero attached hydrogens (tertiary/aromatic N) is 1. The molecule has 0 heterocycles. The quantitative estimate of drug-likeness (QED) is 0.751. The number of halogens is 1. The van der Waals surface area contributed by atoms with Crippen molar-refractivity contribution in [3.05, 3.63) is 66.0 Å². The number of aryl methyl sites for hydroxylation is 1. The van der Waals surface area contributed by atoms with E-state index in [-0.39, 0.29) is 11.7 Å². The molecule has 2 aromatic carbocycles. The Balaban J connectivity index is 2.04. The van der Waals surface area contributed by atoms with E-state index in [0.717, 1.165) is 23.4 Å². The molecule has 1 amide bonds. The first-order valence-electron chi connectivity index (χ1n) is 8.77. The Kier molecular flexibility index (Phi) is 6.96. The van der Waals surface area contributed by atoms with Crippen LogP contribution in [0.15, 0.2) is 54.6 Å². The van der Waals surface area contributed by atoms with Crippen LogP contribution in [0.1, 0.15) is 25.8 Å². The highest BCUT2D eigenvalue weighted by atomic mass is 32.2. The fourth-order valence-electron chi connectivity index (χ4n) is 2.86. The molecule has 0 fully saturated rings. The molecule has 0 saturated carbocycles. The van der Waals surface area contributed by atoms with Gasteiger partial charge in [-0.1, -0.05) is 30.3 Å². The maximum atomic E-state index is 13.2. The van der Waals surface area contributed by atoms with Crippen LogP contribution in [0.4, 0.5) is 10.1 Å². The van der Waals surface area contributed by atoms with Crippen molar-refractivity contribution in [3.8, 4) is 0 Å². The van der Waals surface area contributed by atoms with Gasteiger partial charge < -0.3 is 5.32 Å². The minimum atomic E-state index is -3.72. The molecule has 0 aliphatic carbocycles. The summed E-state index contributed by atoms with van der Waals surface area (Å²) >= 11 is 0. The van der Waals surface area contributed by atoms with Crippen LogP contribution in [0.2, 0.25) is 0 Å². The van der Waals surface area contributed by atoms with Gasteiger partial charge in [0.15, 0.2) is 0 Å². The molecular weight excluding hydrogens is 367 g/mol. The standard InChI is InChI=1S/C20H25FN2O3S/c1-15(9-10-17-7-5-4-6-8-17)22-20(24)16(2)23(27(3,25)26)19-13-11-18(21)12-14-19/h4-8,11-16H,9-10H2,1-3H3,(H,22,24)/t15-,16+/m0/s1. The summed E-state index contributed by atoms with van der Waals surface area (Å²) in [5, 5.41) is 2.86. The average Bonchev–Trinajstić information content (AvgIpc) is 2.61. The average molecular weight is 392 g/mol. The van der Waals surface area contributed by atoms with Crippen molar-refractivity contribution in [1.29, 1.82) is 0 Å². The number of hydrogen-bond donors (Lipinski definition) is 1. The zero-order valence-electron chi connectivity index (χ0n) is 15.7. The molecule has 0 unspecified atom stereocenters. The van der Waals surface area contributed by atoms with Crippen LogP contribution < -0.4 is 9.62 Å². The molecule has 1 N–H and O–H groups in total. The van der Waals surface area contributed by atoms with E-state index in [9.17, 15) is 17.6 Å². The maximum Gasteiger partial charge on any atom is 0.243 e. The van der Waals surface area contributed by atoms with Gasteiger partial charge in [-0.25, -0.2) is 12.8 Å². The first-order chi connectivity index (χ1) is 12.7. The first kappa shape index (κ1) is 20.9. The summed E-state index contributed by atoms with van der Waals surface area (Å²) in [4.78, 5) is 12.6. The van der Waals surface area contributed by atoms with Gasteiger partial charge in [0.1, 0.15) is 11.9 Å². The van der Waals surface area contributed by atoms with E-state index in [1.807, 2.05) is 37.3 Å². The van der Waals surface area contributed by atoms with E-state index < -0.39 is 27.8 Å². The molecule has 0 radical (unpaired) electrons. The van der Waals surface area contributed by atoms with Crippen LogP contribution in [0.3, 0.4) is 0 Å². The third-order valence-electron chi connectivity index (χ3n) is 4.27. The van der Waals surface area contributed by atoms with E-state index in [2.05, 4.69) is 5.32 Å². The van der Waals surface area contributed by atoms with Crippen molar-refractivity contribution in [2.24, 2.45) is 0 Å². The van der Waals surface area contributed by atoms with Crippen LogP contribution in [0.25, 0.3) is 0 Å². The van der Waals surface area contributed by atoms with E-state index in [4.69, 9.17) is 0 Å². The van der Waals surface area contributed by atoms with Crippen molar-refractivity contribution in [3.63, 3.8) is 0 Å². The second-order valence-corrected chi connectivity index (χ2v) is 8.50. The summed E-state index contributed by atoms with van der Waals surface area (Å²) in [5.74, 6) is -0.871. The van der Waals surface area contributed by atoms with E-state index >= 15 is 0 Å². The van der Waals surface area contributed by atoms with Crippen LogP contribution in [0.5, 0.6) is 0 Å². The Morgan fingerprint density at radius 2 is 1.67 bits per heavy atom. The second-order valence-electron chi connectivity index (χ2n) is 6.65. The van der Waals surface area contributed by atoms with Gasteiger partial charge in [-0.2, -0.15) is 0 Å². The summed E-state index contributed by atoms with van der Waals surface area (Å²) < 4.78 is 38.6. The molecule has 7 heteroatoms. The molecule has 0 aliphatic rings. The third-order valence-corrected chi connectivity index (χ3v) is 5.51. The van der Waals surface area contributed by atoms with Crippen molar-refractivity contribution in [2.75, 3.05) is 10.6 Å². The Morgan fingerprint density at radius 3 is 2.22 bits per heavy atom. The summed E-state index contributed by atoms with van der Waals surface area (Å²) in [6.07, 6.45) is 2.57. The van der Waals surface area contributed by atoms with Crippen LogP contribution >= 0.6 is 0 Å². The van der Waals surface area contributed by atoms with E-state index in [0.29, 0.717) is 0 Å². The lowest BCUT2D eigenvalue weighted by Gasteiger charge is -2.29. The Hall–Kier alpha value is -2.41. The predicted octanol–water partition coefficient (Wildman–Crippen LogP) is 3.12. The largest absolute Gasteiger partial charge is 0.352 e. The molecular formula is C20H25FN2O3S. The van der Waals surface area contributed by atoms with Crippen LogP contribution in [-0.2, 0) is 21.2 Å². The zero-order valence-corrected chi connectivity index (χ0v) is 16.5. The molecule has 5 nitrogen and oxygen atoms in total. The molecule has 2 atom stereocenters. The highest BCUT2D eigenvalue weighted by Crippen LogP contribution is 2.21. The molecule has 0 bridgehead atoms. The van der Waals surface area contributed by atoms with Gasteiger partial charge in [0.25, 0.3) is 0 Å². The molecule has 0 aliphatic heterocycles. The molecule has 0 aromatic heterocycles. The minimum absolute atomic E-state index is 0.116. The van der Waals surface area contributed by atoms with Gasteiger partial charge in [0.2, 0.25) is 15.9 Å². The second kappa shape index (κ2) is 8.99. The van der Waals surface area contributed by atoms with Crippen LogP contribution in [-0.4, -0.2) is 32.7 Å². The van der Waals surface area contributed by atoms with Gasteiger partial charge in [0.05, 0.1) is 11.9 Å². The fraction of sp³-hybridized carbons (Fsp3) is 0.350. The number of anilines is 1. The monoisotopic (exact) mass is 392 g/mol. The number of benzene rings is 2. The Morgan fingerprint density at radius 1 is 1.07 bits per heavy atom. The van der Waals surface area contributed by atoms with Gasteiger partial charge >= 0.3 is 0 Å². The molecule has 2 rings (SSSR count). The summed E-state index contributed by atoms with van der Waals surface area (Å²) in [6, 6.07) is 13.9. The van der Waals surface area contributed by atoms with E-state index in [1.54, 1.807) is 0 Å². The Labute approximate surface area is 160 Å². The van der Waals surface area contributed by atoms with Gasteiger partial charge in [-0.3, -0.25) is 9.10 Å². The number of hydrogen-bond acceptors (Lipinski definition) is 3. The maximum absolute atomic E-state index is 13.2. The molecule has 0 saturated heterocycles.